The van der Waals surface area contributed by atoms with Gasteiger partial charge in [0.25, 0.3) is 5.56 Å². The van der Waals surface area contributed by atoms with Crippen molar-refractivity contribution in [1.29, 1.82) is 0 Å². The van der Waals surface area contributed by atoms with Gasteiger partial charge >= 0.3 is 0 Å². The van der Waals surface area contributed by atoms with E-state index in [0.29, 0.717) is 29.0 Å². The molecular formula is C24H26N6O3. The summed E-state index contributed by atoms with van der Waals surface area (Å²) in [6.07, 6.45) is 7.37. The Bertz CT molecular complexity index is 1190. The number of rotatable bonds is 6. The molecule has 3 aromatic heterocycles. The molecule has 0 aliphatic carbocycles. The molecule has 9 heteroatoms. The van der Waals surface area contributed by atoms with Crippen LogP contribution in [0.4, 0.5) is 11.5 Å². The summed E-state index contributed by atoms with van der Waals surface area (Å²) < 4.78 is 6.70. The zero-order chi connectivity index (χ0) is 22.8. The number of pyridine rings is 3. The molecule has 0 aromatic carbocycles. The van der Waals surface area contributed by atoms with Crippen molar-refractivity contribution < 1.29 is 9.53 Å². The molecule has 5 heterocycles. The van der Waals surface area contributed by atoms with E-state index >= 15 is 0 Å². The van der Waals surface area contributed by atoms with Crippen LogP contribution in [0.25, 0.3) is 11.1 Å². The Kier molecular flexibility index (Phi) is 5.89. The molecule has 33 heavy (non-hydrogen) atoms. The number of carbonyl (C=O) groups is 1. The van der Waals surface area contributed by atoms with E-state index in [-0.39, 0.29) is 5.56 Å². The Morgan fingerprint density at radius 2 is 2.00 bits per heavy atom. The van der Waals surface area contributed by atoms with E-state index in [9.17, 15) is 9.59 Å². The second kappa shape index (κ2) is 9.13. The topological polar surface area (TPSA) is 92.6 Å². The van der Waals surface area contributed by atoms with E-state index in [1.807, 2.05) is 18.3 Å². The van der Waals surface area contributed by atoms with E-state index in [1.54, 1.807) is 24.5 Å². The third-order valence-corrected chi connectivity index (χ3v) is 6.31. The summed E-state index contributed by atoms with van der Waals surface area (Å²) in [5.74, 6) is 0.557. The van der Waals surface area contributed by atoms with E-state index < -0.39 is 0 Å². The lowest BCUT2D eigenvalue weighted by atomic mass is 10.0. The summed E-state index contributed by atoms with van der Waals surface area (Å²) >= 11 is 0. The molecule has 5 rings (SSSR count). The summed E-state index contributed by atoms with van der Waals surface area (Å²) in [6.45, 7) is 6.88. The summed E-state index contributed by atoms with van der Waals surface area (Å²) in [6, 6.07) is 9.73. The van der Waals surface area contributed by atoms with Crippen LogP contribution in [0.2, 0.25) is 0 Å². The molecule has 0 radical (unpaired) electrons. The molecule has 2 aliphatic heterocycles. The van der Waals surface area contributed by atoms with Crippen molar-refractivity contribution in [2.45, 2.75) is 19.0 Å². The maximum absolute atomic E-state index is 12.4. The Morgan fingerprint density at radius 1 is 1.12 bits per heavy atom. The summed E-state index contributed by atoms with van der Waals surface area (Å²) in [5.41, 5.74) is 5.78. The van der Waals surface area contributed by atoms with Gasteiger partial charge in [-0.2, -0.15) is 0 Å². The number of aldehydes is 1. The van der Waals surface area contributed by atoms with Crippen molar-refractivity contribution >= 4 is 17.8 Å². The lowest BCUT2D eigenvalue weighted by Crippen LogP contribution is -2.59. The minimum absolute atomic E-state index is 0.226. The van der Waals surface area contributed by atoms with Gasteiger partial charge in [0.2, 0.25) is 0 Å². The Morgan fingerprint density at radius 3 is 2.70 bits per heavy atom. The third-order valence-electron chi connectivity index (χ3n) is 6.31. The maximum Gasteiger partial charge on any atom is 0.269 e. The molecule has 1 N–H and O–H groups in total. The van der Waals surface area contributed by atoms with Crippen LogP contribution < -0.4 is 15.9 Å². The molecule has 0 bridgehead atoms. The molecule has 170 valence electrons. The fourth-order valence-corrected chi connectivity index (χ4v) is 4.38. The number of ether oxygens (including phenoxy) is 1. The zero-order valence-electron chi connectivity index (χ0n) is 18.4. The number of carbonyl (C=O) groups excluding carboxylic acids is 1. The number of nitrogens with zero attached hydrogens (tertiary/aromatic N) is 5. The molecular weight excluding hydrogens is 420 g/mol. The quantitative estimate of drug-likeness (QED) is 0.574. The van der Waals surface area contributed by atoms with Crippen LogP contribution in [0.1, 0.15) is 17.3 Å². The highest BCUT2D eigenvalue weighted by Crippen LogP contribution is 2.24. The molecule has 2 saturated heterocycles. The number of piperazine rings is 1. The van der Waals surface area contributed by atoms with Gasteiger partial charge in [-0.05, 0) is 36.8 Å². The minimum Gasteiger partial charge on any atom is -0.378 e. The lowest BCUT2D eigenvalue weighted by Gasteiger charge is -2.46. The average Bonchev–Trinajstić information content (AvgIpc) is 2.80. The first-order valence-electron chi connectivity index (χ1n) is 11.1. The van der Waals surface area contributed by atoms with Gasteiger partial charge in [-0.1, -0.05) is 0 Å². The van der Waals surface area contributed by atoms with Crippen molar-refractivity contribution in [2.75, 3.05) is 43.2 Å². The van der Waals surface area contributed by atoms with Crippen LogP contribution in [0.5, 0.6) is 0 Å². The smallest absolute Gasteiger partial charge is 0.269 e. The molecule has 0 spiro atoms. The second-order valence-corrected chi connectivity index (χ2v) is 8.45. The standard InChI is InChI=1S/C24H26N6O3/c1-17-12-28(21-15-33-16-21)8-9-29(17)20-3-4-23(26-11-20)27-30-13-18(2-5-24(30)32)22-6-7-25-10-19(22)14-31/h2-7,10-11,13-14,17,21H,8-9,12,15-16H2,1H3,(H,26,27). The Labute approximate surface area is 191 Å². The maximum atomic E-state index is 12.4. The highest BCUT2D eigenvalue weighted by Gasteiger charge is 2.32. The fraction of sp³-hybridized carbons (Fsp3) is 0.333. The number of aromatic nitrogens is 3. The van der Waals surface area contributed by atoms with Gasteiger partial charge in [0.05, 0.1) is 31.1 Å². The summed E-state index contributed by atoms with van der Waals surface area (Å²) in [7, 11) is 0. The monoisotopic (exact) mass is 446 g/mol. The number of anilines is 2. The predicted octanol–water partition coefficient (Wildman–Crippen LogP) is 1.90. The van der Waals surface area contributed by atoms with E-state index in [0.717, 1.165) is 50.4 Å². The van der Waals surface area contributed by atoms with Crippen molar-refractivity contribution in [3.63, 3.8) is 0 Å². The van der Waals surface area contributed by atoms with Gasteiger partial charge in [0, 0.05) is 61.5 Å². The van der Waals surface area contributed by atoms with Gasteiger partial charge in [-0.3, -0.25) is 24.9 Å². The third kappa shape index (κ3) is 4.37. The Balaban J connectivity index is 1.30. The first-order valence-corrected chi connectivity index (χ1v) is 11.1. The zero-order valence-corrected chi connectivity index (χ0v) is 18.4. The number of nitrogens with one attached hydrogen (secondary N) is 1. The number of hydrogen-bond donors (Lipinski definition) is 1. The highest BCUT2D eigenvalue weighted by atomic mass is 16.5. The lowest BCUT2D eigenvalue weighted by molar-refractivity contribution is -0.0691. The van der Waals surface area contributed by atoms with Gasteiger partial charge < -0.3 is 9.64 Å². The van der Waals surface area contributed by atoms with E-state index in [2.05, 4.69) is 32.1 Å². The van der Waals surface area contributed by atoms with Crippen LogP contribution in [0.3, 0.4) is 0 Å². The summed E-state index contributed by atoms with van der Waals surface area (Å²) in [4.78, 5) is 37.1. The van der Waals surface area contributed by atoms with Crippen molar-refractivity contribution in [3.8, 4) is 11.1 Å². The molecule has 0 saturated carbocycles. The molecule has 3 aromatic rings. The van der Waals surface area contributed by atoms with Crippen LogP contribution >= 0.6 is 0 Å². The van der Waals surface area contributed by atoms with E-state index in [1.165, 1.54) is 16.9 Å². The normalized spacial score (nSPS) is 19.2. The van der Waals surface area contributed by atoms with Gasteiger partial charge in [-0.25, -0.2) is 9.66 Å². The SMILES string of the molecule is CC1CN(C2COC2)CCN1c1ccc(Nn2cc(-c3ccncc3C=O)ccc2=O)nc1. The van der Waals surface area contributed by atoms with Crippen LogP contribution in [0, 0.1) is 0 Å². The molecule has 1 unspecified atom stereocenters. The van der Waals surface area contributed by atoms with E-state index in [4.69, 9.17) is 4.74 Å². The fourth-order valence-electron chi connectivity index (χ4n) is 4.38. The molecule has 2 fully saturated rings. The average molecular weight is 447 g/mol. The molecule has 0 amide bonds. The largest absolute Gasteiger partial charge is 0.378 e. The van der Waals surface area contributed by atoms with Gasteiger partial charge in [-0.15, -0.1) is 0 Å². The Hall–Kier alpha value is -3.56. The van der Waals surface area contributed by atoms with Gasteiger partial charge in [0.15, 0.2) is 6.29 Å². The second-order valence-electron chi connectivity index (χ2n) is 8.45. The number of hydrogen-bond acceptors (Lipinski definition) is 8. The minimum atomic E-state index is -0.226. The molecule has 1 atom stereocenters. The van der Waals surface area contributed by atoms with Crippen molar-refractivity contribution in [3.05, 3.63) is 71.0 Å². The summed E-state index contributed by atoms with van der Waals surface area (Å²) in [5, 5.41) is 0. The van der Waals surface area contributed by atoms with Gasteiger partial charge in [0.1, 0.15) is 5.82 Å². The first kappa shape index (κ1) is 21.3. The van der Waals surface area contributed by atoms with Crippen LogP contribution in [-0.2, 0) is 4.74 Å². The highest BCUT2D eigenvalue weighted by molar-refractivity contribution is 5.86. The van der Waals surface area contributed by atoms with Crippen molar-refractivity contribution in [2.24, 2.45) is 0 Å². The predicted molar refractivity (Wildman–Crippen MR) is 126 cm³/mol. The van der Waals surface area contributed by atoms with Crippen LogP contribution in [-0.4, -0.2) is 70.8 Å². The first-order chi connectivity index (χ1) is 16.1. The van der Waals surface area contributed by atoms with Crippen molar-refractivity contribution in [1.82, 2.24) is 19.5 Å². The molecule has 2 aliphatic rings. The molecule has 9 nitrogen and oxygen atoms in total. The van der Waals surface area contributed by atoms with Crippen LogP contribution in [0.15, 0.2) is 59.9 Å².